The van der Waals surface area contributed by atoms with Crippen LogP contribution in [0.3, 0.4) is 0 Å². The SMILES string of the molecule is COc1cccc(CCNC(=O)Cc2cc(OC)c(OC)cc2Br)c1. The molecule has 2 rings (SSSR count). The number of amides is 1. The summed E-state index contributed by atoms with van der Waals surface area (Å²) in [4.78, 5) is 12.2. The van der Waals surface area contributed by atoms with Crippen molar-refractivity contribution in [1.29, 1.82) is 0 Å². The van der Waals surface area contributed by atoms with Crippen molar-refractivity contribution in [3.63, 3.8) is 0 Å². The normalized spacial score (nSPS) is 10.2. The van der Waals surface area contributed by atoms with Gasteiger partial charge in [-0.15, -0.1) is 0 Å². The Bertz CT molecular complexity index is 733. The molecule has 0 saturated carbocycles. The average molecular weight is 408 g/mol. The standard InChI is InChI=1S/C19H22BrNO4/c1-23-15-6-4-5-13(9-15)7-8-21-19(22)11-14-10-17(24-2)18(25-3)12-16(14)20/h4-6,9-10,12H,7-8,11H2,1-3H3,(H,21,22). The molecule has 0 aliphatic rings. The number of benzene rings is 2. The number of methoxy groups -OCH3 is 3. The molecular formula is C19H22BrNO4. The summed E-state index contributed by atoms with van der Waals surface area (Å²) in [7, 11) is 4.79. The van der Waals surface area contributed by atoms with Crippen molar-refractivity contribution in [3.8, 4) is 17.2 Å². The molecule has 0 saturated heterocycles. The predicted molar refractivity (Wildman–Crippen MR) is 101 cm³/mol. The molecule has 0 unspecified atom stereocenters. The number of carbonyl (C=O) groups excluding carboxylic acids is 1. The molecule has 0 fully saturated rings. The predicted octanol–water partition coefficient (Wildman–Crippen LogP) is 3.38. The van der Waals surface area contributed by atoms with Gasteiger partial charge in [0.25, 0.3) is 0 Å². The third-order valence-electron chi connectivity index (χ3n) is 3.77. The second-order valence-electron chi connectivity index (χ2n) is 5.43. The van der Waals surface area contributed by atoms with Gasteiger partial charge in [0.15, 0.2) is 11.5 Å². The largest absolute Gasteiger partial charge is 0.497 e. The van der Waals surface area contributed by atoms with Crippen molar-refractivity contribution in [2.45, 2.75) is 12.8 Å². The van der Waals surface area contributed by atoms with Crippen LogP contribution in [0.2, 0.25) is 0 Å². The van der Waals surface area contributed by atoms with Crippen LogP contribution in [0, 0.1) is 0 Å². The van der Waals surface area contributed by atoms with Crippen molar-refractivity contribution in [2.75, 3.05) is 27.9 Å². The minimum atomic E-state index is -0.0455. The van der Waals surface area contributed by atoms with Crippen LogP contribution in [0.1, 0.15) is 11.1 Å². The van der Waals surface area contributed by atoms with E-state index in [0.717, 1.165) is 27.8 Å². The smallest absolute Gasteiger partial charge is 0.224 e. The van der Waals surface area contributed by atoms with E-state index in [1.54, 1.807) is 27.4 Å². The maximum absolute atomic E-state index is 12.2. The average Bonchev–Trinajstić information content (AvgIpc) is 2.63. The van der Waals surface area contributed by atoms with Crippen molar-refractivity contribution in [1.82, 2.24) is 5.32 Å². The zero-order valence-electron chi connectivity index (χ0n) is 14.6. The van der Waals surface area contributed by atoms with Crippen LogP contribution in [0.4, 0.5) is 0 Å². The summed E-state index contributed by atoms with van der Waals surface area (Å²) in [5.74, 6) is 2.00. The highest BCUT2D eigenvalue weighted by Crippen LogP contribution is 2.33. The third kappa shape index (κ3) is 5.39. The summed E-state index contributed by atoms with van der Waals surface area (Å²) < 4.78 is 16.5. The molecule has 1 N–H and O–H groups in total. The van der Waals surface area contributed by atoms with Gasteiger partial charge in [-0.2, -0.15) is 0 Å². The van der Waals surface area contributed by atoms with Crippen LogP contribution >= 0.6 is 15.9 Å². The van der Waals surface area contributed by atoms with Gasteiger partial charge in [-0.1, -0.05) is 28.1 Å². The lowest BCUT2D eigenvalue weighted by Crippen LogP contribution is -2.27. The first-order valence-corrected chi connectivity index (χ1v) is 8.66. The fourth-order valence-electron chi connectivity index (χ4n) is 2.44. The van der Waals surface area contributed by atoms with Crippen LogP contribution in [-0.2, 0) is 17.6 Å². The summed E-state index contributed by atoms with van der Waals surface area (Å²) in [5, 5.41) is 2.94. The van der Waals surface area contributed by atoms with E-state index in [-0.39, 0.29) is 12.3 Å². The fraction of sp³-hybridized carbons (Fsp3) is 0.316. The van der Waals surface area contributed by atoms with Crippen molar-refractivity contribution >= 4 is 21.8 Å². The first kappa shape index (κ1) is 19.1. The maximum atomic E-state index is 12.2. The van der Waals surface area contributed by atoms with E-state index in [1.165, 1.54) is 0 Å². The molecule has 0 bridgehead atoms. The van der Waals surface area contributed by atoms with E-state index in [1.807, 2.05) is 30.3 Å². The summed E-state index contributed by atoms with van der Waals surface area (Å²) in [5.41, 5.74) is 1.96. The van der Waals surface area contributed by atoms with Crippen molar-refractivity contribution in [2.24, 2.45) is 0 Å². The number of rotatable bonds is 8. The third-order valence-corrected chi connectivity index (χ3v) is 4.51. The van der Waals surface area contributed by atoms with Crippen LogP contribution in [0.25, 0.3) is 0 Å². The molecule has 0 atom stereocenters. The number of hydrogen-bond acceptors (Lipinski definition) is 4. The number of ether oxygens (including phenoxy) is 3. The van der Waals surface area contributed by atoms with E-state index in [2.05, 4.69) is 21.2 Å². The van der Waals surface area contributed by atoms with E-state index in [4.69, 9.17) is 14.2 Å². The summed E-state index contributed by atoms with van der Waals surface area (Å²) in [6.45, 7) is 0.566. The number of halogens is 1. The molecule has 0 spiro atoms. The molecule has 0 aliphatic carbocycles. The zero-order valence-corrected chi connectivity index (χ0v) is 16.2. The number of nitrogens with one attached hydrogen (secondary N) is 1. The molecule has 5 nitrogen and oxygen atoms in total. The highest BCUT2D eigenvalue weighted by Gasteiger charge is 2.12. The highest BCUT2D eigenvalue weighted by molar-refractivity contribution is 9.10. The van der Waals surface area contributed by atoms with Gasteiger partial charge < -0.3 is 19.5 Å². The lowest BCUT2D eigenvalue weighted by atomic mass is 10.1. The van der Waals surface area contributed by atoms with Gasteiger partial charge in [-0.25, -0.2) is 0 Å². The second kappa shape index (κ2) is 9.32. The van der Waals surface area contributed by atoms with E-state index < -0.39 is 0 Å². The van der Waals surface area contributed by atoms with E-state index >= 15 is 0 Å². The number of carbonyl (C=O) groups is 1. The van der Waals surface area contributed by atoms with E-state index in [0.29, 0.717) is 18.0 Å². The van der Waals surface area contributed by atoms with Crippen LogP contribution in [0.5, 0.6) is 17.2 Å². The van der Waals surface area contributed by atoms with Gasteiger partial charge in [0.05, 0.1) is 27.8 Å². The van der Waals surface area contributed by atoms with Gasteiger partial charge in [0.2, 0.25) is 5.91 Å². The van der Waals surface area contributed by atoms with Gasteiger partial charge in [0.1, 0.15) is 5.75 Å². The number of hydrogen-bond donors (Lipinski definition) is 1. The molecule has 2 aromatic rings. The molecule has 0 radical (unpaired) electrons. The van der Waals surface area contributed by atoms with Gasteiger partial charge in [-0.05, 0) is 41.8 Å². The minimum Gasteiger partial charge on any atom is -0.497 e. The van der Waals surface area contributed by atoms with Gasteiger partial charge >= 0.3 is 0 Å². The minimum absolute atomic E-state index is 0.0455. The van der Waals surface area contributed by atoms with Crippen LogP contribution in [0.15, 0.2) is 40.9 Å². The first-order chi connectivity index (χ1) is 12.1. The summed E-state index contributed by atoms with van der Waals surface area (Å²) in [6.07, 6.45) is 1.01. The molecule has 134 valence electrons. The Kier molecular flexibility index (Phi) is 7.13. The highest BCUT2D eigenvalue weighted by atomic mass is 79.9. The maximum Gasteiger partial charge on any atom is 0.224 e. The lowest BCUT2D eigenvalue weighted by Gasteiger charge is -2.12. The van der Waals surface area contributed by atoms with Crippen LogP contribution in [-0.4, -0.2) is 33.8 Å². The summed E-state index contributed by atoms with van der Waals surface area (Å²) in [6, 6.07) is 11.4. The van der Waals surface area contributed by atoms with Gasteiger partial charge in [-0.3, -0.25) is 4.79 Å². The van der Waals surface area contributed by atoms with Crippen molar-refractivity contribution < 1.29 is 19.0 Å². The topological polar surface area (TPSA) is 56.8 Å². The first-order valence-electron chi connectivity index (χ1n) is 7.87. The van der Waals surface area contributed by atoms with E-state index in [9.17, 15) is 4.79 Å². The monoisotopic (exact) mass is 407 g/mol. The Morgan fingerprint density at radius 3 is 2.44 bits per heavy atom. The Morgan fingerprint density at radius 2 is 1.76 bits per heavy atom. The van der Waals surface area contributed by atoms with Crippen LogP contribution < -0.4 is 19.5 Å². The fourth-order valence-corrected chi connectivity index (χ4v) is 2.90. The van der Waals surface area contributed by atoms with Crippen molar-refractivity contribution in [3.05, 3.63) is 52.0 Å². The Morgan fingerprint density at radius 1 is 1.04 bits per heavy atom. The second-order valence-corrected chi connectivity index (χ2v) is 6.28. The molecule has 0 aliphatic heterocycles. The molecular weight excluding hydrogens is 386 g/mol. The summed E-state index contributed by atoms with van der Waals surface area (Å²) >= 11 is 3.47. The lowest BCUT2D eigenvalue weighted by molar-refractivity contribution is -0.120. The molecule has 25 heavy (non-hydrogen) atoms. The Labute approximate surface area is 156 Å². The molecule has 0 aromatic heterocycles. The Hall–Kier alpha value is -2.21. The molecule has 1 amide bonds. The zero-order chi connectivity index (χ0) is 18.2. The quantitative estimate of drug-likeness (QED) is 0.728. The molecule has 6 heteroatoms. The Balaban J connectivity index is 1.91. The molecule has 2 aromatic carbocycles. The van der Waals surface area contributed by atoms with Gasteiger partial charge in [0, 0.05) is 11.0 Å². The molecule has 0 heterocycles.